The van der Waals surface area contributed by atoms with E-state index in [1.807, 2.05) is 18.2 Å². The van der Waals surface area contributed by atoms with E-state index in [9.17, 15) is 5.11 Å². The second-order valence-corrected chi connectivity index (χ2v) is 6.14. The van der Waals surface area contributed by atoms with Gasteiger partial charge in [0.1, 0.15) is 5.75 Å². The summed E-state index contributed by atoms with van der Waals surface area (Å²) in [5.41, 5.74) is 1.13. The topological polar surface area (TPSA) is 74.4 Å². The number of benzene rings is 1. The van der Waals surface area contributed by atoms with Gasteiger partial charge in [-0.05, 0) is 43.5 Å². The SMILES string of the molecule is CCCc1nnc(NC2CCCN(Cc3cccc(O)c3)C2)o1. The number of rotatable bonds is 6. The molecule has 0 bridgehead atoms. The van der Waals surface area contributed by atoms with E-state index in [0.29, 0.717) is 23.7 Å². The zero-order valence-corrected chi connectivity index (χ0v) is 13.5. The number of likely N-dealkylation sites (tertiary alicyclic amines) is 1. The molecule has 1 fully saturated rings. The summed E-state index contributed by atoms with van der Waals surface area (Å²) in [6, 6.07) is 8.30. The summed E-state index contributed by atoms with van der Waals surface area (Å²) in [6.45, 7) is 4.94. The number of aryl methyl sites for hydroxylation is 1. The number of hydrogen-bond acceptors (Lipinski definition) is 6. The molecule has 6 nitrogen and oxygen atoms in total. The van der Waals surface area contributed by atoms with Crippen LogP contribution in [-0.2, 0) is 13.0 Å². The van der Waals surface area contributed by atoms with E-state index in [4.69, 9.17) is 4.42 Å². The number of phenols is 1. The van der Waals surface area contributed by atoms with E-state index < -0.39 is 0 Å². The van der Waals surface area contributed by atoms with Crippen molar-refractivity contribution < 1.29 is 9.52 Å². The highest BCUT2D eigenvalue weighted by molar-refractivity contribution is 5.27. The average molecular weight is 316 g/mol. The van der Waals surface area contributed by atoms with Gasteiger partial charge in [0.2, 0.25) is 5.89 Å². The van der Waals surface area contributed by atoms with Gasteiger partial charge in [0.05, 0.1) is 0 Å². The molecule has 2 aromatic rings. The van der Waals surface area contributed by atoms with Crippen molar-refractivity contribution in [2.75, 3.05) is 18.4 Å². The first kappa shape index (κ1) is 15.8. The average Bonchev–Trinajstić information content (AvgIpc) is 2.95. The second kappa shape index (κ2) is 7.46. The largest absolute Gasteiger partial charge is 0.508 e. The van der Waals surface area contributed by atoms with Crippen molar-refractivity contribution in [3.8, 4) is 5.75 Å². The lowest BCUT2D eigenvalue weighted by molar-refractivity contribution is 0.207. The molecule has 0 saturated carbocycles. The third-order valence-electron chi connectivity index (χ3n) is 4.08. The maximum Gasteiger partial charge on any atom is 0.315 e. The Morgan fingerprint density at radius 1 is 1.39 bits per heavy atom. The Hall–Kier alpha value is -2.08. The van der Waals surface area contributed by atoms with Crippen LogP contribution >= 0.6 is 0 Å². The van der Waals surface area contributed by atoms with Crippen molar-refractivity contribution in [1.82, 2.24) is 15.1 Å². The highest BCUT2D eigenvalue weighted by atomic mass is 16.4. The highest BCUT2D eigenvalue weighted by Crippen LogP contribution is 2.19. The van der Waals surface area contributed by atoms with Crippen LogP contribution in [0.3, 0.4) is 0 Å². The van der Waals surface area contributed by atoms with E-state index in [1.54, 1.807) is 6.07 Å². The van der Waals surface area contributed by atoms with Gasteiger partial charge in [0.15, 0.2) is 0 Å². The lowest BCUT2D eigenvalue weighted by atomic mass is 10.0. The third kappa shape index (κ3) is 4.45. The summed E-state index contributed by atoms with van der Waals surface area (Å²) in [5.74, 6) is 1.02. The fourth-order valence-electron chi connectivity index (χ4n) is 3.03. The van der Waals surface area contributed by atoms with Gasteiger partial charge < -0.3 is 14.8 Å². The van der Waals surface area contributed by atoms with Gasteiger partial charge in [-0.1, -0.05) is 24.2 Å². The Kier molecular flexibility index (Phi) is 5.12. The van der Waals surface area contributed by atoms with Crippen LogP contribution in [0.4, 0.5) is 6.01 Å². The molecular formula is C17H24N4O2. The lowest BCUT2D eigenvalue weighted by Crippen LogP contribution is -2.41. The van der Waals surface area contributed by atoms with Gasteiger partial charge in [-0.3, -0.25) is 4.90 Å². The number of nitrogens with one attached hydrogen (secondary N) is 1. The van der Waals surface area contributed by atoms with Crippen LogP contribution in [0.25, 0.3) is 0 Å². The monoisotopic (exact) mass is 316 g/mol. The Bertz CT molecular complexity index is 629. The van der Waals surface area contributed by atoms with Gasteiger partial charge in [-0.15, -0.1) is 5.10 Å². The smallest absolute Gasteiger partial charge is 0.315 e. The van der Waals surface area contributed by atoms with Crippen LogP contribution < -0.4 is 5.32 Å². The fourth-order valence-corrected chi connectivity index (χ4v) is 3.03. The molecule has 3 rings (SSSR count). The molecule has 23 heavy (non-hydrogen) atoms. The van der Waals surface area contributed by atoms with Crippen molar-refractivity contribution >= 4 is 6.01 Å². The number of piperidine rings is 1. The minimum atomic E-state index is 0.316. The quantitative estimate of drug-likeness (QED) is 0.853. The molecule has 124 valence electrons. The molecule has 0 aliphatic carbocycles. The first-order valence-corrected chi connectivity index (χ1v) is 8.32. The van der Waals surface area contributed by atoms with Crippen LogP contribution in [-0.4, -0.2) is 39.3 Å². The molecule has 1 aromatic carbocycles. The minimum Gasteiger partial charge on any atom is -0.508 e. The van der Waals surface area contributed by atoms with Gasteiger partial charge >= 0.3 is 6.01 Å². The van der Waals surface area contributed by atoms with Crippen LogP contribution in [0.15, 0.2) is 28.7 Å². The molecule has 6 heteroatoms. The first-order valence-electron chi connectivity index (χ1n) is 8.32. The third-order valence-corrected chi connectivity index (χ3v) is 4.08. The second-order valence-electron chi connectivity index (χ2n) is 6.14. The molecule has 1 atom stereocenters. The number of aromatic nitrogens is 2. The molecule has 1 aliphatic rings. The lowest BCUT2D eigenvalue weighted by Gasteiger charge is -2.32. The fraction of sp³-hybridized carbons (Fsp3) is 0.529. The zero-order valence-electron chi connectivity index (χ0n) is 13.5. The number of phenolic OH excluding ortho intramolecular Hbond substituents is 1. The molecule has 0 spiro atoms. The van der Waals surface area contributed by atoms with Crippen molar-refractivity contribution in [2.24, 2.45) is 0 Å². The van der Waals surface area contributed by atoms with E-state index in [2.05, 4.69) is 27.3 Å². The van der Waals surface area contributed by atoms with Gasteiger partial charge in [-0.25, -0.2) is 0 Å². The standard InChI is InChI=1S/C17H24N4O2/c1-2-5-16-19-20-17(23-16)18-14-7-4-9-21(12-14)11-13-6-3-8-15(22)10-13/h3,6,8,10,14,22H,2,4-5,7,9,11-12H2,1H3,(H,18,20). The molecule has 0 radical (unpaired) electrons. The Labute approximate surface area is 136 Å². The van der Waals surface area contributed by atoms with E-state index in [-0.39, 0.29) is 0 Å². The number of aromatic hydroxyl groups is 1. The Morgan fingerprint density at radius 2 is 2.30 bits per heavy atom. The van der Waals surface area contributed by atoms with Crippen LogP contribution in [0.1, 0.15) is 37.6 Å². The normalized spacial score (nSPS) is 18.9. The van der Waals surface area contributed by atoms with Crippen molar-refractivity contribution in [1.29, 1.82) is 0 Å². The van der Waals surface area contributed by atoms with Crippen LogP contribution in [0.5, 0.6) is 5.75 Å². The molecule has 1 aliphatic heterocycles. The first-order chi connectivity index (χ1) is 11.2. The Balaban J connectivity index is 1.55. The molecular weight excluding hydrogens is 292 g/mol. The molecule has 1 aromatic heterocycles. The van der Waals surface area contributed by atoms with Crippen molar-refractivity contribution in [2.45, 2.75) is 45.2 Å². The van der Waals surface area contributed by atoms with Gasteiger partial charge in [0.25, 0.3) is 0 Å². The summed E-state index contributed by atoms with van der Waals surface area (Å²) in [5, 5.41) is 21.0. The minimum absolute atomic E-state index is 0.316. The van der Waals surface area contributed by atoms with Gasteiger partial charge in [0, 0.05) is 25.6 Å². The van der Waals surface area contributed by atoms with Gasteiger partial charge in [-0.2, -0.15) is 0 Å². The van der Waals surface area contributed by atoms with Crippen LogP contribution in [0.2, 0.25) is 0 Å². The van der Waals surface area contributed by atoms with E-state index in [1.165, 1.54) is 0 Å². The zero-order chi connectivity index (χ0) is 16.1. The number of anilines is 1. The van der Waals surface area contributed by atoms with Crippen LogP contribution in [0, 0.1) is 0 Å². The predicted octanol–water partition coefficient (Wildman–Crippen LogP) is 2.80. The molecule has 1 unspecified atom stereocenters. The summed E-state index contributed by atoms with van der Waals surface area (Å²) in [4.78, 5) is 2.39. The highest BCUT2D eigenvalue weighted by Gasteiger charge is 2.21. The van der Waals surface area contributed by atoms with E-state index in [0.717, 1.165) is 50.9 Å². The predicted molar refractivity (Wildman–Crippen MR) is 88.3 cm³/mol. The molecule has 1 saturated heterocycles. The maximum absolute atomic E-state index is 9.58. The Morgan fingerprint density at radius 3 is 3.13 bits per heavy atom. The summed E-state index contributed by atoms with van der Waals surface area (Å²) >= 11 is 0. The summed E-state index contributed by atoms with van der Waals surface area (Å²) in [6.07, 6.45) is 4.06. The summed E-state index contributed by atoms with van der Waals surface area (Å²) < 4.78 is 5.61. The molecule has 0 amide bonds. The number of hydrogen-bond donors (Lipinski definition) is 2. The van der Waals surface area contributed by atoms with E-state index >= 15 is 0 Å². The van der Waals surface area contributed by atoms with Crippen molar-refractivity contribution in [3.05, 3.63) is 35.7 Å². The summed E-state index contributed by atoms with van der Waals surface area (Å²) in [7, 11) is 0. The molecule has 2 heterocycles. The number of nitrogens with zero attached hydrogens (tertiary/aromatic N) is 3. The maximum atomic E-state index is 9.58. The molecule has 2 N–H and O–H groups in total. The van der Waals surface area contributed by atoms with Crippen molar-refractivity contribution in [3.63, 3.8) is 0 Å².